The van der Waals surface area contributed by atoms with Gasteiger partial charge in [-0.1, -0.05) is 13.8 Å². The van der Waals surface area contributed by atoms with Crippen LogP contribution in [-0.2, 0) is 33.4 Å². The summed E-state index contributed by atoms with van der Waals surface area (Å²) in [5.74, 6) is -3.89. The van der Waals surface area contributed by atoms with Crippen molar-refractivity contribution in [2.24, 2.45) is 5.92 Å². The van der Waals surface area contributed by atoms with Crippen molar-refractivity contribution < 1.29 is 48.4 Å². The number of anilines is 1. The normalized spacial score (nSPS) is 18.6. The number of aromatic nitrogens is 4. The van der Waals surface area contributed by atoms with E-state index in [0.29, 0.717) is 5.82 Å². The highest BCUT2D eigenvalue weighted by molar-refractivity contribution is 5.91. The Hall–Kier alpha value is -4.54. The maximum atomic E-state index is 12.6. The molecule has 0 aromatic carbocycles. The van der Waals surface area contributed by atoms with E-state index in [0.717, 1.165) is 0 Å². The largest absolute Gasteiger partial charge is 0.481 e. The molecule has 0 radical (unpaired) electrons. The molecule has 3 heterocycles. The lowest BCUT2D eigenvalue weighted by Crippen LogP contribution is -2.37. The van der Waals surface area contributed by atoms with Crippen molar-refractivity contribution in [1.29, 1.82) is 0 Å². The molecule has 5 N–H and O–H groups in total. The Morgan fingerprint density at radius 2 is 1.87 bits per heavy atom. The Morgan fingerprint density at radius 3 is 2.51 bits per heavy atom. The van der Waals surface area contributed by atoms with Crippen molar-refractivity contribution in [3.05, 3.63) is 16.2 Å². The van der Waals surface area contributed by atoms with Gasteiger partial charge in [-0.15, -0.1) is 0 Å². The Balaban J connectivity index is 1.87. The smallest absolute Gasteiger partial charge is 0.408 e. The van der Waals surface area contributed by atoms with E-state index in [9.17, 15) is 28.8 Å². The minimum Gasteiger partial charge on any atom is -0.481 e. The number of aliphatic carboxylic acids is 2. The monoisotopic (exact) mass is 552 g/mol. The van der Waals surface area contributed by atoms with Crippen LogP contribution in [0.5, 0.6) is 0 Å². The highest BCUT2D eigenvalue weighted by Gasteiger charge is 2.41. The van der Waals surface area contributed by atoms with Crippen molar-refractivity contribution >= 4 is 47.0 Å². The zero-order valence-electron chi connectivity index (χ0n) is 21.3. The van der Waals surface area contributed by atoms with Crippen LogP contribution in [0, 0.1) is 12.8 Å². The molecule has 0 spiro atoms. The molecule has 2 amide bonds. The van der Waals surface area contributed by atoms with Gasteiger partial charge in [-0.3, -0.25) is 38.8 Å². The molecule has 0 aliphatic carbocycles. The molecule has 1 aliphatic rings. The minimum absolute atomic E-state index is 0.0354. The summed E-state index contributed by atoms with van der Waals surface area (Å²) in [5.41, 5.74) is -0.601. The van der Waals surface area contributed by atoms with Gasteiger partial charge in [0.2, 0.25) is 11.9 Å². The number of aryl methyl sites for hydroxylation is 1. The lowest BCUT2D eigenvalue weighted by atomic mass is 10.2. The third-order valence-electron chi connectivity index (χ3n) is 5.56. The zero-order valence-corrected chi connectivity index (χ0v) is 21.3. The van der Waals surface area contributed by atoms with Crippen molar-refractivity contribution in [2.75, 3.05) is 18.5 Å². The predicted molar refractivity (Wildman–Crippen MR) is 129 cm³/mol. The van der Waals surface area contributed by atoms with E-state index in [-0.39, 0.29) is 41.8 Å². The van der Waals surface area contributed by atoms with E-state index in [2.05, 4.69) is 25.6 Å². The second-order valence-corrected chi connectivity index (χ2v) is 8.89. The molecule has 17 heteroatoms. The molecule has 17 nitrogen and oxygen atoms in total. The highest BCUT2D eigenvalue weighted by Crippen LogP contribution is 2.34. The average Bonchev–Trinajstić information content (AvgIpc) is 3.39. The molecular weight excluding hydrogens is 524 g/mol. The number of nitrogens with zero attached hydrogens (tertiary/aromatic N) is 3. The topological polar surface area (TPSA) is 241 Å². The van der Waals surface area contributed by atoms with Crippen LogP contribution in [0.2, 0.25) is 0 Å². The van der Waals surface area contributed by atoms with Gasteiger partial charge in [0, 0.05) is 12.3 Å². The molecule has 1 saturated heterocycles. The fourth-order valence-electron chi connectivity index (χ4n) is 3.67. The third kappa shape index (κ3) is 7.50. The summed E-state index contributed by atoms with van der Waals surface area (Å²) in [5, 5.41) is 22.1. The summed E-state index contributed by atoms with van der Waals surface area (Å²) in [6, 6.07) is 0. The van der Waals surface area contributed by atoms with Gasteiger partial charge in [0.15, 0.2) is 11.2 Å². The molecule has 2 aromatic heterocycles. The first kappa shape index (κ1) is 29.0. The fourth-order valence-corrected chi connectivity index (χ4v) is 3.67. The molecule has 1 unspecified atom stereocenters. The summed E-state index contributed by atoms with van der Waals surface area (Å²) in [7, 11) is 0. The number of aromatic amines is 1. The molecule has 0 bridgehead atoms. The van der Waals surface area contributed by atoms with E-state index >= 15 is 0 Å². The minimum atomic E-state index is -1.30. The van der Waals surface area contributed by atoms with Crippen molar-refractivity contribution in [2.45, 2.75) is 58.5 Å². The number of hydrogen-bond donors (Lipinski definition) is 5. The number of H-pyrrole nitrogens is 1. The second kappa shape index (κ2) is 12.3. The number of ether oxygens (including phenoxy) is 3. The second-order valence-electron chi connectivity index (χ2n) is 8.89. The van der Waals surface area contributed by atoms with Crippen LogP contribution < -0.4 is 16.2 Å². The van der Waals surface area contributed by atoms with E-state index < -0.39 is 67.6 Å². The number of alkyl carbamates (subject to hydrolysis) is 1. The number of hydrogen-bond acceptors (Lipinski definition) is 11. The summed E-state index contributed by atoms with van der Waals surface area (Å²) >= 11 is 0. The van der Waals surface area contributed by atoms with E-state index in [4.69, 9.17) is 24.4 Å². The molecule has 2 aromatic rings. The van der Waals surface area contributed by atoms with Gasteiger partial charge in [0.25, 0.3) is 5.56 Å². The number of carbonyl (C=O) groups excluding carboxylic acids is 3. The number of amides is 2. The molecular formula is C22H28N6O11. The Labute approximate surface area is 219 Å². The maximum Gasteiger partial charge on any atom is 0.408 e. The van der Waals surface area contributed by atoms with Gasteiger partial charge < -0.3 is 29.7 Å². The molecule has 212 valence electrons. The summed E-state index contributed by atoms with van der Waals surface area (Å²) < 4.78 is 17.8. The first-order valence-corrected chi connectivity index (χ1v) is 11.8. The van der Waals surface area contributed by atoms with Crippen LogP contribution in [-0.4, -0.2) is 85.0 Å². The predicted octanol–water partition coefficient (Wildman–Crippen LogP) is -0.103. The lowest BCUT2D eigenvalue weighted by Gasteiger charge is -2.19. The van der Waals surface area contributed by atoms with Crippen LogP contribution in [0.1, 0.15) is 45.2 Å². The number of nitrogens with one attached hydrogen (secondary N) is 3. The number of carboxylic acids is 2. The van der Waals surface area contributed by atoms with Crippen molar-refractivity contribution in [3.63, 3.8) is 0 Å². The number of esters is 1. The molecule has 0 saturated carbocycles. The Kier molecular flexibility index (Phi) is 9.18. The van der Waals surface area contributed by atoms with Gasteiger partial charge in [-0.2, -0.15) is 4.98 Å². The zero-order chi connectivity index (χ0) is 28.9. The van der Waals surface area contributed by atoms with Crippen molar-refractivity contribution in [1.82, 2.24) is 24.8 Å². The van der Waals surface area contributed by atoms with Gasteiger partial charge in [-0.05, 0) is 6.92 Å². The van der Waals surface area contributed by atoms with E-state index in [1.54, 1.807) is 20.8 Å². The van der Waals surface area contributed by atoms with Crippen LogP contribution >= 0.6 is 0 Å². The first-order chi connectivity index (χ1) is 18.3. The van der Waals surface area contributed by atoms with Gasteiger partial charge >= 0.3 is 24.0 Å². The standard InChI is InChI=1S/C22H28N6O11/c1-9(2)19(34)26-21-25-18-17(20(35)27-21)24-10(3)28(18)13-6-11(39-22(36)23-7-15(31)32)12(38-13)8-37-16(33)5-4-14(29)30/h9,11-13H,4-8H2,1-3H3,(H,23,36)(H,29,30)(H,31,32)(H2,25,26,27,34,35)/t11?,12-,13-/m1/s1. The number of fused-ring (bicyclic) bond motifs is 1. The van der Waals surface area contributed by atoms with Crippen LogP contribution in [0.3, 0.4) is 0 Å². The first-order valence-electron chi connectivity index (χ1n) is 11.8. The third-order valence-corrected chi connectivity index (χ3v) is 5.56. The number of carbonyl (C=O) groups is 5. The summed E-state index contributed by atoms with van der Waals surface area (Å²) in [6.45, 7) is 3.78. The van der Waals surface area contributed by atoms with Gasteiger partial charge in [0.05, 0.1) is 12.8 Å². The van der Waals surface area contributed by atoms with Gasteiger partial charge in [0.1, 0.15) is 37.4 Å². The van der Waals surface area contributed by atoms with Crippen molar-refractivity contribution in [3.8, 4) is 0 Å². The Morgan fingerprint density at radius 1 is 1.15 bits per heavy atom. The van der Waals surface area contributed by atoms with E-state index in [1.807, 2.05) is 0 Å². The number of imidazole rings is 1. The van der Waals surface area contributed by atoms with Gasteiger partial charge in [-0.25, -0.2) is 9.78 Å². The SMILES string of the molecule is Cc1nc2c(=O)[nH]c(NC(=O)C(C)C)nc2n1[C@H]1CC(OC(=O)NCC(=O)O)[C@@H](COC(=O)CCC(=O)O)O1. The lowest BCUT2D eigenvalue weighted by molar-refractivity contribution is -0.152. The maximum absolute atomic E-state index is 12.6. The number of rotatable bonds is 11. The number of carboxylic acid groups (broad SMARTS) is 2. The fraction of sp³-hybridized carbons (Fsp3) is 0.545. The van der Waals surface area contributed by atoms with Crippen LogP contribution in [0.25, 0.3) is 11.2 Å². The van der Waals surface area contributed by atoms with Crippen LogP contribution in [0.15, 0.2) is 4.79 Å². The molecule has 3 rings (SSSR count). The molecule has 1 fully saturated rings. The van der Waals surface area contributed by atoms with E-state index in [1.165, 1.54) is 4.57 Å². The molecule has 1 aliphatic heterocycles. The summed E-state index contributed by atoms with van der Waals surface area (Å²) in [6.07, 6.45) is -4.95. The molecule has 39 heavy (non-hydrogen) atoms. The Bertz CT molecular complexity index is 1330. The highest BCUT2D eigenvalue weighted by atomic mass is 16.6. The van der Waals surface area contributed by atoms with Crippen LogP contribution in [0.4, 0.5) is 10.7 Å². The average molecular weight is 552 g/mol. The molecule has 3 atom stereocenters. The quantitative estimate of drug-likeness (QED) is 0.229. The summed E-state index contributed by atoms with van der Waals surface area (Å²) in [4.78, 5) is 81.3.